The highest BCUT2D eigenvalue weighted by molar-refractivity contribution is 5.77. The predicted molar refractivity (Wildman–Crippen MR) is 58.2 cm³/mol. The molecule has 1 rings (SSSR count). The summed E-state index contributed by atoms with van der Waals surface area (Å²) in [6, 6.07) is 0. The molecule has 3 nitrogen and oxygen atoms in total. The Morgan fingerprint density at radius 1 is 1.40 bits per heavy atom. The fourth-order valence-corrected chi connectivity index (χ4v) is 2.48. The summed E-state index contributed by atoms with van der Waals surface area (Å²) in [7, 11) is 1.47. The van der Waals surface area contributed by atoms with Gasteiger partial charge >= 0.3 is 5.97 Å². The Balaban J connectivity index is 2.44. The SMILES string of the molecule is [C-]#[N+]CCCCC1(C(=O)OC)CCCC1. The Bertz CT molecular complexity index is 249. The lowest BCUT2D eigenvalue weighted by Crippen LogP contribution is -2.29. The van der Waals surface area contributed by atoms with Crippen LogP contribution in [0.5, 0.6) is 0 Å². The summed E-state index contributed by atoms with van der Waals surface area (Å²) in [6.45, 7) is 7.27. The van der Waals surface area contributed by atoms with Crippen molar-refractivity contribution < 1.29 is 9.53 Å². The van der Waals surface area contributed by atoms with Crippen LogP contribution in [0, 0.1) is 12.0 Å². The van der Waals surface area contributed by atoms with Crippen LogP contribution in [0.2, 0.25) is 0 Å². The average molecular weight is 209 g/mol. The largest absolute Gasteiger partial charge is 0.469 e. The summed E-state index contributed by atoms with van der Waals surface area (Å²) in [4.78, 5) is 15.0. The van der Waals surface area contributed by atoms with Crippen LogP contribution in [-0.4, -0.2) is 19.6 Å². The van der Waals surface area contributed by atoms with E-state index in [1.165, 1.54) is 7.11 Å². The van der Waals surface area contributed by atoms with Gasteiger partial charge in [-0.05, 0) is 25.7 Å². The van der Waals surface area contributed by atoms with E-state index in [0.29, 0.717) is 6.54 Å². The molecule has 0 heterocycles. The molecule has 1 saturated carbocycles. The molecule has 0 aromatic carbocycles. The van der Waals surface area contributed by atoms with Crippen molar-refractivity contribution in [3.05, 3.63) is 11.4 Å². The Morgan fingerprint density at radius 2 is 2.07 bits per heavy atom. The van der Waals surface area contributed by atoms with Crippen molar-refractivity contribution in [2.24, 2.45) is 5.41 Å². The zero-order chi connectivity index (χ0) is 11.1. The van der Waals surface area contributed by atoms with Crippen LogP contribution >= 0.6 is 0 Å². The molecule has 0 amide bonds. The molecule has 0 radical (unpaired) electrons. The molecule has 15 heavy (non-hydrogen) atoms. The standard InChI is InChI=1S/C12H19NO2/c1-13-10-6-5-9-12(11(14)15-2)7-3-4-8-12/h3-10H2,2H3. The molecule has 0 aromatic rings. The third-order valence-corrected chi connectivity index (χ3v) is 3.35. The Kier molecular flexibility index (Phi) is 4.61. The van der Waals surface area contributed by atoms with Crippen molar-refractivity contribution in [2.45, 2.75) is 44.9 Å². The molecular weight excluding hydrogens is 190 g/mol. The first-order chi connectivity index (χ1) is 7.25. The highest BCUT2D eigenvalue weighted by Crippen LogP contribution is 2.43. The van der Waals surface area contributed by atoms with E-state index in [1.807, 2.05) is 0 Å². The topological polar surface area (TPSA) is 30.7 Å². The van der Waals surface area contributed by atoms with Gasteiger partial charge in [0.05, 0.1) is 12.5 Å². The quantitative estimate of drug-likeness (QED) is 0.396. The molecule has 1 aliphatic rings. The monoisotopic (exact) mass is 209 g/mol. The van der Waals surface area contributed by atoms with Gasteiger partial charge in [-0.2, -0.15) is 0 Å². The van der Waals surface area contributed by atoms with E-state index in [1.54, 1.807) is 0 Å². The summed E-state index contributed by atoms with van der Waals surface area (Å²) < 4.78 is 4.90. The molecule has 0 aliphatic heterocycles. The van der Waals surface area contributed by atoms with Crippen LogP contribution in [0.15, 0.2) is 0 Å². The van der Waals surface area contributed by atoms with Crippen LogP contribution < -0.4 is 0 Å². The van der Waals surface area contributed by atoms with Crippen LogP contribution in [-0.2, 0) is 9.53 Å². The van der Waals surface area contributed by atoms with Gasteiger partial charge in [-0.1, -0.05) is 12.8 Å². The first-order valence-corrected chi connectivity index (χ1v) is 5.67. The van der Waals surface area contributed by atoms with E-state index >= 15 is 0 Å². The highest BCUT2D eigenvalue weighted by Gasteiger charge is 2.41. The van der Waals surface area contributed by atoms with Gasteiger partial charge in [0.25, 0.3) is 0 Å². The normalized spacial score (nSPS) is 18.4. The van der Waals surface area contributed by atoms with Crippen molar-refractivity contribution in [1.82, 2.24) is 0 Å². The summed E-state index contributed by atoms with van der Waals surface area (Å²) in [6.07, 6.45) is 6.99. The van der Waals surface area contributed by atoms with Crippen LogP contribution in [0.4, 0.5) is 0 Å². The van der Waals surface area contributed by atoms with Crippen LogP contribution in [0.1, 0.15) is 44.9 Å². The van der Waals surface area contributed by atoms with Crippen LogP contribution in [0.25, 0.3) is 4.85 Å². The fraction of sp³-hybridized carbons (Fsp3) is 0.833. The fourth-order valence-electron chi connectivity index (χ4n) is 2.48. The van der Waals surface area contributed by atoms with Gasteiger partial charge in [0.2, 0.25) is 6.54 Å². The molecular formula is C12H19NO2. The van der Waals surface area contributed by atoms with Gasteiger partial charge in [-0.15, -0.1) is 0 Å². The Labute approximate surface area is 91.6 Å². The van der Waals surface area contributed by atoms with E-state index in [-0.39, 0.29) is 11.4 Å². The maximum absolute atomic E-state index is 11.7. The van der Waals surface area contributed by atoms with E-state index in [9.17, 15) is 4.79 Å². The second-order valence-corrected chi connectivity index (χ2v) is 4.32. The van der Waals surface area contributed by atoms with E-state index in [2.05, 4.69) is 4.85 Å². The minimum Gasteiger partial charge on any atom is -0.469 e. The van der Waals surface area contributed by atoms with Crippen LogP contribution in [0.3, 0.4) is 0 Å². The third-order valence-electron chi connectivity index (χ3n) is 3.35. The number of unbranched alkanes of at least 4 members (excludes halogenated alkanes) is 1. The van der Waals surface area contributed by atoms with Crippen molar-refractivity contribution in [2.75, 3.05) is 13.7 Å². The number of esters is 1. The van der Waals surface area contributed by atoms with Gasteiger partial charge in [-0.25, -0.2) is 6.57 Å². The summed E-state index contributed by atoms with van der Waals surface area (Å²) in [5.74, 6) is -0.0391. The third kappa shape index (κ3) is 2.95. The summed E-state index contributed by atoms with van der Waals surface area (Å²) in [5.41, 5.74) is -0.212. The molecule has 3 heteroatoms. The molecule has 0 saturated heterocycles. The first kappa shape index (κ1) is 12.0. The molecule has 0 bridgehead atoms. The second-order valence-electron chi connectivity index (χ2n) is 4.32. The number of ether oxygens (including phenoxy) is 1. The minimum absolute atomic E-state index is 0.0391. The Morgan fingerprint density at radius 3 is 2.60 bits per heavy atom. The second kappa shape index (κ2) is 5.75. The number of methoxy groups -OCH3 is 1. The van der Waals surface area contributed by atoms with E-state index < -0.39 is 0 Å². The molecule has 0 aromatic heterocycles. The summed E-state index contributed by atoms with van der Waals surface area (Å²) in [5, 5.41) is 0. The minimum atomic E-state index is -0.212. The van der Waals surface area contributed by atoms with E-state index in [0.717, 1.165) is 44.9 Å². The molecule has 0 spiro atoms. The van der Waals surface area contributed by atoms with Gasteiger partial charge in [0.15, 0.2) is 0 Å². The van der Waals surface area contributed by atoms with Crippen molar-refractivity contribution in [3.63, 3.8) is 0 Å². The smallest absolute Gasteiger partial charge is 0.311 e. The van der Waals surface area contributed by atoms with Crippen molar-refractivity contribution in [3.8, 4) is 0 Å². The number of rotatable bonds is 5. The molecule has 0 N–H and O–H groups in total. The van der Waals surface area contributed by atoms with Gasteiger partial charge < -0.3 is 9.58 Å². The van der Waals surface area contributed by atoms with Gasteiger partial charge in [0, 0.05) is 6.42 Å². The maximum atomic E-state index is 11.7. The van der Waals surface area contributed by atoms with Gasteiger partial charge in [0.1, 0.15) is 0 Å². The number of hydrogen-bond donors (Lipinski definition) is 0. The lowest BCUT2D eigenvalue weighted by atomic mass is 9.81. The zero-order valence-corrected chi connectivity index (χ0v) is 9.42. The first-order valence-electron chi connectivity index (χ1n) is 5.67. The maximum Gasteiger partial charge on any atom is 0.311 e. The lowest BCUT2D eigenvalue weighted by Gasteiger charge is -2.25. The predicted octanol–water partition coefficient (Wildman–Crippen LogP) is 2.81. The number of carbonyl (C=O) groups is 1. The summed E-state index contributed by atoms with van der Waals surface area (Å²) >= 11 is 0. The number of nitrogens with zero attached hydrogens (tertiary/aromatic N) is 1. The lowest BCUT2D eigenvalue weighted by molar-refractivity contribution is -0.153. The van der Waals surface area contributed by atoms with Gasteiger partial charge in [-0.3, -0.25) is 4.79 Å². The number of carbonyl (C=O) groups excluding carboxylic acids is 1. The molecule has 84 valence electrons. The van der Waals surface area contributed by atoms with E-state index in [4.69, 9.17) is 11.3 Å². The molecule has 1 aliphatic carbocycles. The molecule has 1 fully saturated rings. The zero-order valence-electron chi connectivity index (χ0n) is 9.42. The Hall–Kier alpha value is -1.04. The van der Waals surface area contributed by atoms with Crippen molar-refractivity contribution >= 4 is 5.97 Å². The number of hydrogen-bond acceptors (Lipinski definition) is 2. The molecule has 0 unspecified atom stereocenters. The average Bonchev–Trinajstić information content (AvgIpc) is 2.73. The molecule has 0 atom stereocenters. The highest BCUT2D eigenvalue weighted by atomic mass is 16.5. The van der Waals surface area contributed by atoms with Crippen molar-refractivity contribution in [1.29, 1.82) is 0 Å².